The zero-order valence-electron chi connectivity index (χ0n) is 19.7. The maximum atomic E-state index is 13.1. The molecule has 176 valence electrons. The molecule has 0 radical (unpaired) electrons. The van der Waals surface area contributed by atoms with Crippen LogP contribution in [0.25, 0.3) is 11.1 Å². The highest BCUT2D eigenvalue weighted by Gasteiger charge is 2.15. The van der Waals surface area contributed by atoms with E-state index in [1.165, 1.54) is 0 Å². The van der Waals surface area contributed by atoms with E-state index in [1.54, 1.807) is 31.4 Å². The summed E-state index contributed by atoms with van der Waals surface area (Å²) in [5, 5.41) is 5.98. The van der Waals surface area contributed by atoms with Gasteiger partial charge in [0.15, 0.2) is 0 Å². The summed E-state index contributed by atoms with van der Waals surface area (Å²) in [5.41, 5.74) is 5.06. The Hall–Kier alpha value is -4.38. The highest BCUT2D eigenvalue weighted by Crippen LogP contribution is 2.28. The first-order valence-corrected chi connectivity index (χ1v) is 11.6. The summed E-state index contributed by atoms with van der Waals surface area (Å²) in [6, 6.07) is 32.5. The number of methoxy groups -OCH3 is 1. The van der Waals surface area contributed by atoms with Crippen molar-refractivity contribution in [1.82, 2.24) is 5.32 Å². The minimum atomic E-state index is -0.201. The van der Waals surface area contributed by atoms with Crippen LogP contribution in [-0.4, -0.2) is 18.9 Å². The molecule has 0 spiro atoms. The first-order valence-electron chi connectivity index (χ1n) is 11.6. The Morgan fingerprint density at radius 1 is 0.743 bits per heavy atom. The molecular formula is C30H28N2O3. The Morgan fingerprint density at radius 3 is 2.14 bits per heavy atom. The van der Waals surface area contributed by atoms with Gasteiger partial charge in [-0.3, -0.25) is 9.59 Å². The van der Waals surface area contributed by atoms with E-state index in [0.717, 1.165) is 28.0 Å². The van der Waals surface area contributed by atoms with Crippen molar-refractivity contribution in [2.24, 2.45) is 0 Å². The second kappa shape index (κ2) is 11.7. The average Bonchev–Trinajstić information content (AvgIpc) is 2.92. The van der Waals surface area contributed by atoms with Crippen LogP contribution in [0.15, 0.2) is 103 Å². The van der Waals surface area contributed by atoms with Gasteiger partial charge in [-0.15, -0.1) is 0 Å². The summed E-state index contributed by atoms with van der Waals surface area (Å²) >= 11 is 0. The maximum absolute atomic E-state index is 13.1. The lowest BCUT2D eigenvalue weighted by molar-refractivity contribution is -0.121. The molecule has 0 saturated carbocycles. The number of rotatable bonds is 9. The number of aryl methyl sites for hydroxylation is 1. The number of ether oxygens (including phenoxy) is 1. The van der Waals surface area contributed by atoms with Crippen molar-refractivity contribution in [3.8, 4) is 16.9 Å². The standard InChI is InChI=1S/C30H28N2O3/c1-35-25-18-16-24(17-19-25)32-30(34)28-14-8-7-13-27(28)26-12-6-5-11-23(26)21-31-29(33)20-15-22-9-3-2-4-10-22/h2-14,16-19H,15,20-21H2,1H3,(H,31,33)(H,32,34). The van der Waals surface area contributed by atoms with Crippen molar-refractivity contribution >= 4 is 17.5 Å². The Labute approximate surface area is 205 Å². The topological polar surface area (TPSA) is 67.4 Å². The van der Waals surface area contributed by atoms with Crippen LogP contribution < -0.4 is 15.4 Å². The lowest BCUT2D eigenvalue weighted by atomic mass is 9.94. The molecule has 0 atom stereocenters. The number of benzene rings is 4. The van der Waals surface area contributed by atoms with Gasteiger partial charge in [0.25, 0.3) is 5.91 Å². The quantitative estimate of drug-likeness (QED) is 0.326. The molecule has 0 aliphatic heterocycles. The van der Waals surface area contributed by atoms with Crippen LogP contribution in [0, 0.1) is 0 Å². The summed E-state index contributed by atoms with van der Waals surface area (Å²) in [7, 11) is 1.60. The molecule has 0 aromatic heterocycles. The van der Waals surface area contributed by atoms with Gasteiger partial charge in [-0.05, 0) is 59.0 Å². The van der Waals surface area contributed by atoms with Crippen molar-refractivity contribution in [2.45, 2.75) is 19.4 Å². The molecule has 4 aromatic rings. The number of hydrogen-bond acceptors (Lipinski definition) is 3. The van der Waals surface area contributed by atoms with Crippen LogP contribution in [0.3, 0.4) is 0 Å². The van der Waals surface area contributed by atoms with E-state index < -0.39 is 0 Å². The molecule has 2 amide bonds. The number of carbonyl (C=O) groups is 2. The minimum absolute atomic E-state index is 0.00538. The normalized spacial score (nSPS) is 10.4. The molecule has 5 heteroatoms. The van der Waals surface area contributed by atoms with Gasteiger partial charge in [-0.1, -0.05) is 72.8 Å². The van der Waals surface area contributed by atoms with Crippen LogP contribution in [0.5, 0.6) is 5.75 Å². The third-order valence-corrected chi connectivity index (χ3v) is 5.79. The van der Waals surface area contributed by atoms with E-state index in [-0.39, 0.29) is 11.8 Å². The fraction of sp³-hybridized carbons (Fsp3) is 0.133. The van der Waals surface area contributed by atoms with Crippen molar-refractivity contribution in [2.75, 3.05) is 12.4 Å². The van der Waals surface area contributed by atoms with Crippen molar-refractivity contribution in [1.29, 1.82) is 0 Å². The second-order valence-electron chi connectivity index (χ2n) is 8.15. The molecule has 4 aromatic carbocycles. The van der Waals surface area contributed by atoms with Crippen molar-refractivity contribution in [3.63, 3.8) is 0 Å². The van der Waals surface area contributed by atoms with Gasteiger partial charge in [0.05, 0.1) is 7.11 Å². The predicted octanol–water partition coefficient (Wildman–Crippen LogP) is 5.86. The van der Waals surface area contributed by atoms with E-state index in [0.29, 0.717) is 30.6 Å². The first-order chi connectivity index (χ1) is 17.1. The van der Waals surface area contributed by atoms with Gasteiger partial charge >= 0.3 is 0 Å². The average molecular weight is 465 g/mol. The zero-order valence-corrected chi connectivity index (χ0v) is 19.7. The van der Waals surface area contributed by atoms with E-state index in [1.807, 2.05) is 78.9 Å². The number of amides is 2. The van der Waals surface area contributed by atoms with Crippen LogP contribution in [0.2, 0.25) is 0 Å². The summed E-state index contributed by atoms with van der Waals surface area (Å²) in [5.74, 6) is 0.518. The van der Waals surface area contributed by atoms with Crippen LogP contribution in [-0.2, 0) is 17.8 Å². The molecule has 0 unspecified atom stereocenters. The summed E-state index contributed by atoms with van der Waals surface area (Å²) in [6.45, 7) is 0.387. The van der Waals surface area contributed by atoms with E-state index in [4.69, 9.17) is 4.74 Å². The Morgan fingerprint density at radius 2 is 1.40 bits per heavy atom. The van der Waals surface area contributed by atoms with Crippen molar-refractivity contribution in [3.05, 3.63) is 120 Å². The van der Waals surface area contributed by atoms with Gasteiger partial charge in [0, 0.05) is 24.2 Å². The molecule has 0 bridgehead atoms. The molecule has 0 saturated heterocycles. The smallest absolute Gasteiger partial charge is 0.256 e. The van der Waals surface area contributed by atoms with E-state index in [9.17, 15) is 9.59 Å². The maximum Gasteiger partial charge on any atom is 0.256 e. The van der Waals surface area contributed by atoms with Crippen LogP contribution >= 0.6 is 0 Å². The molecular weight excluding hydrogens is 436 g/mol. The highest BCUT2D eigenvalue weighted by molar-refractivity contribution is 6.09. The van der Waals surface area contributed by atoms with E-state index in [2.05, 4.69) is 10.6 Å². The zero-order chi connectivity index (χ0) is 24.5. The Balaban J connectivity index is 1.47. The lowest BCUT2D eigenvalue weighted by Crippen LogP contribution is -2.23. The third kappa shape index (κ3) is 6.36. The predicted molar refractivity (Wildman–Crippen MR) is 139 cm³/mol. The van der Waals surface area contributed by atoms with E-state index >= 15 is 0 Å². The molecule has 5 nitrogen and oxygen atoms in total. The number of carbonyl (C=O) groups excluding carboxylic acids is 2. The number of nitrogens with one attached hydrogen (secondary N) is 2. The lowest BCUT2D eigenvalue weighted by Gasteiger charge is -2.15. The van der Waals surface area contributed by atoms with Crippen LogP contribution in [0.4, 0.5) is 5.69 Å². The molecule has 0 fully saturated rings. The largest absolute Gasteiger partial charge is 0.497 e. The summed E-state index contributed by atoms with van der Waals surface area (Å²) in [6.07, 6.45) is 1.12. The SMILES string of the molecule is COc1ccc(NC(=O)c2ccccc2-c2ccccc2CNC(=O)CCc2ccccc2)cc1. The van der Waals surface area contributed by atoms with Gasteiger partial charge in [0.2, 0.25) is 5.91 Å². The summed E-state index contributed by atoms with van der Waals surface area (Å²) < 4.78 is 5.18. The molecule has 0 aliphatic carbocycles. The van der Waals surface area contributed by atoms with Crippen LogP contribution in [0.1, 0.15) is 27.9 Å². The first kappa shape index (κ1) is 23.8. The van der Waals surface area contributed by atoms with Gasteiger partial charge < -0.3 is 15.4 Å². The number of hydrogen-bond donors (Lipinski definition) is 2. The molecule has 2 N–H and O–H groups in total. The summed E-state index contributed by atoms with van der Waals surface area (Å²) in [4.78, 5) is 25.6. The minimum Gasteiger partial charge on any atom is -0.497 e. The fourth-order valence-corrected chi connectivity index (χ4v) is 3.91. The Kier molecular flexibility index (Phi) is 7.92. The van der Waals surface area contributed by atoms with Crippen molar-refractivity contribution < 1.29 is 14.3 Å². The van der Waals surface area contributed by atoms with Gasteiger partial charge in [0.1, 0.15) is 5.75 Å². The van der Waals surface area contributed by atoms with Gasteiger partial charge in [-0.2, -0.15) is 0 Å². The molecule has 4 rings (SSSR count). The molecule has 0 aliphatic rings. The fourth-order valence-electron chi connectivity index (χ4n) is 3.91. The molecule has 0 heterocycles. The highest BCUT2D eigenvalue weighted by atomic mass is 16.5. The monoisotopic (exact) mass is 464 g/mol. The third-order valence-electron chi connectivity index (χ3n) is 5.79. The Bertz CT molecular complexity index is 1280. The molecule has 35 heavy (non-hydrogen) atoms. The second-order valence-corrected chi connectivity index (χ2v) is 8.15. The van der Waals surface area contributed by atoms with Gasteiger partial charge in [-0.25, -0.2) is 0 Å². The number of anilines is 1.